The van der Waals surface area contributed by atoms with Gasteiger partial charge < -0.3 is 10.5 Å². The maximum absolute atomic E-state index is 6.06. The predicted octanol–water partition coefficient (Wildman–Crippen LogP) is 4.31. The maximum Gasteiger partial charge on any atom is 0.240 e. The van der Waals surface area contributed by atoms with Crippen LogP contribution in [0.3, 0.4) is 0 Å². The normalized spacial score (nSPS) is 10.7. The van der Waals surface area contributed by atoms with Gasteiger partial charge in [-0.25, -0.2) is 0 Å². The molecule has 0 aliphatic heterocycles. The van der Waals surface area contributed by atoms with Crippen molar-refractivity contribution in [3.05, 3.63) is 52.6 Å². The van der Waals surface area contributed by atoms with E-state index in [0.29, 0.717) is 15.8 Å². The van der Waals surface area contributed by atoms with E-state index in [4.69, 9.17) is 33.7 Å². The van der Waals surface area contributed by atoms with Crippen LogP contribution in [0.4, 0.5) is 5.82 Å². The second-order valence-corrected chi connectivity index (χ2v) is 4.89. The van der Waals surface area contributed by atoms with E-state index in [0.717, 1.165) is 10.9 Å². The van der Waals surface area contributed by atoms with Crippen LogP contribution in [0.1, 0.15) is 0 Å². The van der Waals surface area contributed by atoms with E-state index in [1.54, 1.807) is 6.20 Å². The lowest BCUT2D eigenvalue weighted by atomic mass is 10.2. The van der Waals surface area contributed by atoms with Gasteiger partial charge in [0.25, 0.3) is 0 Å². The van der Waals surface area contributed by atoms with E-state index < -0.39 is 0 Å². The summed E-state index contributed by atoms with van der Waals surface area (Å²) in [7, 11) is 0. The number of rotatable bonds is 2. The van der Waals surface area contributed by atoms with Crippen molar-refractivity contribution < 1.29 is 4.74 Å². The lowest BCUT2D eigenvalue weighted by Crippen LogP contribution is -1.96. The van der Waals surface area contributed by atoms with Crippen LogP contribution in [-0.2, 0) is 0 Å². The monoisotopic (exact) mass is 305 g/mol. The number of anilines is 1. The zero-order chi connectivity index (χ0) is 14.1. The molecule has 1 aromatic carbocycles. The lowest BCUT2D eigenvalue weighted by molar-refractivity contribution is 0.469. The van der Waals surface area contributed by atoms with Gasteiger partial charge in [0.05, 0.1) is 10.5 Å². The summed E-state index contributed by atoms with van der Waals surface area (Å²) in [5, 5.41) is 1.45. The Hall–Kier alpha value is -2.04. The summed E-state index contributed by atoms with van der Waals surface area (Å²) in [6.07, 6.45) is 1.72. The largest absolute Gasteiger partial charge is 0.437 e. The van der Waals surface area contributed by atoms with Gasteiger partial charge in [-0.15, -0.1) is 0 Å². The minimum absolute atomic E-state index is 0.171. The van der Waals surface area contributed by atoms with E-state index in [2.05, 4.69) is 9.97 Å². The second-order valence-electron chi connectivity index (χ2n) is 4.07. The molecule has 20 heavy (non-hydrogen) atoms. The van der Waals surface area contributed by atoms with Crippen LogP contribution in [0.25, 0.3) is 10.9 Å². The van der Waals surface area contributed by atoms with E-state index in [-0.39, 0.29) is 11.7 Å². The first-order valence-electron chi connectivity index (χ1n) is 5.78. The molecule has 0 atom stereocenters. The van der Waals surface area contributed by atoms with Crippen molar-refractivity contribution in [3.8, 4) is 11.6 Å². The average molecular weight is 306 g/mol. The molecule has 2 aromatic heterocycles. The predicted molar refractivity (Wildman–Crippen MR) is 80.5 cm³/mol. The van der Waals surface area contributed by atoms with Gasteiger partial charge in [-0.2, -0.15) is 4.98 Å². The molecule has 0 radical (unpaired) electrons. The quantitative estimate of drug-likeness (QED) is 0.766. The number of nitrogens with two attached hydrogens (primary N) is 1. The Morgan fingerprint density at radius 3 is 2.75 bits per heavy atom. The van der Waals surface area contributed by atoms with Crippen LogP contribution in [0.5, 0.6) is 11.6 Å². The van der Waals surface area contributed by atoms with Crippen LogP contribution < -0.4 is 10.5 Å². The van der Waals surface area contributed by atoms with Gasteiger partial charge in [0.1, 0.15) is 16.6 Å². The average Bonchev–Trinajstić information content (AvgIpc) is 2.45. The summed E-state index contributed by atoms with van der Waals surface area (Å²) in [5.41, 5.74) is 6.48. The standard InChI is InChI=1S/C14H9Cl2N3O/c15-9-7-10(16)14(19-13(9)17)20-12-5-1-4-11-8(12)3-2-6-18-11/h1-7H,(H2,17,19). The van der Waals surface area contributed by atoms with Gasteiger partial charge in [-0.05, 0) is 30.3 Å². The molecule has 0 aliphatic rings. The Kier molecular flexibility index (Phi) is 3.34. The molecule has 4 nitrogen and oxygen atoms in total. The first kappa shape index (κ1) is 13.0. The van der Waals surface area contributed by atoms with E-state index in [9.17, 15) is 0 Å². The van der Waals surface area contributed by atoms with E-state index >= 15 is 0 Å². The number of nitrogens with zero attached hydrogens (tertiary/aromatic N) is 2. The number of hydrogen-bond donors (Lipinski definition) is 1. The Bertz CT molecular complexity index is 787. The highest BCUT2D eigenvalue weighted by Gasteiger charge is 2.11. The van der Waals surface area contributed by atoms with Gasteiger partial charge in [0.15, 0.2) is 0 Å². The third-order valence-electron chi connectivity index (χ3n) is 2.74. The molecule has 0 amide bonds. The van der Waals surface area contributed by atoms with Crippen molar-refractivity contribution in [3.63, 3.8) is 0 Å². The van der Waals surface area contributed by atoms with Crippen molar-refractivity contribution >= 4 is 39.9 Å². The summed E-state index contributed by atoms with van der Waals surface area (Å²) in [6.45, 7) is 0. The van der Waals surface area contributed by atoms with Gasteiger partial charge in [0.2, 0.25) is 5.88 Å². The van der Waals surface area contributed by atoms with Crippen molar-refractivity contribution in [2.24, 2.45) is 0 Å². The first-order chi connectivity index (χ1) is 9.65. The third-order valence-corrected chi connectivity index (χ3v) is 3.31. The van der Waals surface area contributed by atoms with Crippen LogP contribution in [0.15, 0.2) is 42.6 Å². The summed E-state index contributed by atoms with van der Waals surface area (Å²) in [5.74, 6) is 0.987. The molecule has 0 saturated heterocycles. The third kappa shape index (κ3) is 2.35. The molecular weight excluding hydrogens is 297 g/mol. The Balaban J connectivity index is 2.08. The molecule has 3 aromatic rings. The molecule has 0 unspecified atom stereocenters. The fourth-order valence-corrected chi connectivity index (χ4v) is 2.20. The molecule has 2 heterocycles. The zero-order valence-corrected chi connectivity index (χ0v) is 11.7. The lowest BCUT2D eigenvalue weighted by Gasteiger charge is -2.10. The number of hydrogen-bond acceptors (Lipinski definition) is 4. The number of ether oxygens (including phenoxy) is 1. The maximum atomic E-state index is 6.06. The number of aromatic nitrogens is 2. The molecule has 0 aliphatic carbocycles. The molecular formula is C14H9Cl2N3O. The summed E-state index contributed by atoms with van der Waals surface area (Å²) in [6, 6.07) is 10.8. The van der Waals surface area contributed by atoms with Gasteiger partial charge in [-0.1, -0.05) is 29.3 Å². The number of pyridine rings is 2. The van der Waals surface area contributed by atoms with Crippen LogP contribution in [-0.4, -0.2) is 9.97 Å². The fourth-order valence-electron chi connectivity index (χ4n) is 1.80. The summed E-state index contributed by atoms with van der Waals surface area (Å²) < 4.78 is 5.74. The number of fused-ring (bicyclic) bond motifs is 1. The molecule has 0 fully saturated rings. The van der Waals surface area contributed by atoms with Crippen LogP contribution in [0.2, 0.25) is 10.0 Å². The Labute approximate surface area is 125 Å². The molecule has 0 spiro atoms. The second kappa shape index (κ2) is 5.15. The molecule has 0 bridgehead atoms. The summed E-state index contributed by atoms with van der Waals surface area (Å²) >= 11 is 11.9. The Morgan fingerprint density at radius 2 is 1.90 bits per heavy atom. The van der Waals surface area contributed by atoms with Crippen LogP contribution >= 0.6 is 23.2 Å². The van der Waals surface area contributed by atoms with Crippen molar-refractivity contribution in [1.82, 2.24) is 9.97 Å². The van der Waals surface area contributed by atoms with Gasteiger partial charge in [0, 0.05) is 11.6 Å². The fraction of sp³-hybridized carbons (Fsp3) is 0. The van der Waals surface area contributed by atoms with E-state index in [1.165, 1.54) is 6.07 Å². The summed E-state index contributed by atoms with van der Waals surface area (Å²) in [4.78, 5) is 8.30. The highest BCUT2D eigenvalue weighted by atomic mass is 35.5. The van der Waals surface area contributed by atoms with Crippen molar-refractivity contribution in [2.75, 3.05) is 5.73 Å². The molecule has 2 N–H and O–H groups in total. The van der Waals surface area contributed by atoms with Crippen molar-refractivity contribution in [2.45, 2.75) is 0 Å². The van der Waals surface area contributed by atoms with Gasteiger partial charge >= 0.3 is 0 Å². The number of nitrogen functional groups attached to an aromatic ring is 1. The van der Waals surface area contributed by atoms with Crippen LogP contribution in [0, 0.1) is 0 Å². The number of benzene rings is 1. The van der Waals surface area contributed by atoms with E-state index in [1.807, 2.05) is 30.3 Å². The number of halogens is 2. The Morgan fingerprint density at radius 1 is 1.05 bits per heavy atom. The highest BCUT2D eigenvalue weighted by molar-refractivity contribution is 6.36. The SMILES string of the molecule is Nc1nc(Oc2cccc3ncccc23)c(Cl)cc1Cl. The zero-order valence-electron chi connectivity index (χ0n) is 10.2. The molecule has 100 valence electrons. The van der Waals surface area contributed by atoms with Gasteiger partial charge in [-0.3, -0.25) is 4.98 Å². The first-order valence-corrected chi connectivity index (χ1v) is 6.54. The highest BCUT2D eigenvalue weighted by Crippen LogP contribution is 2.34. The molecule has 6 heteroatoms. The minimum Gasteiger partial charge on any atom is -0.437 e. The topological polar surface area (TPSA) is 61.0 Å². The smallest absolute Gasteiger partial charge is 0.240 e. The molecule has 0 saturated carbocycles. The molecule has 3 rings (SSSR count). The van der Waals surface area contributed by atoms with Crippen molar-refractivity contribution in [1.29, 1.82) is 0 Å². The minimum atomic E-state index is 0.171.